The Morgan fingerprint density at radius 3 is 2.42 bits per heavy atom. The number of ether oxygens (including phenoxy) is 4. The predicted molar refractivity (Wildman–Crippen MR) is 127 cm³/mol. The second-order valence-corrected chi connectivity index (χ2v) is 8.64. The van der Waals surface area contributed by atoms with Gasteiger partial charge in [0.15, 0.2) is 17.6 Å². The van der Waals surface area contributed by atoms with Crippen LogP contribution in [0, 0.1) is 11.8 Å². The first-order valence-corrected chi connectivity index (χ1v) is 11.6. The summed E-state index contributed by atoms with van der Waals surface area (Å²) in [6, 6.07) is 3.82. The number of esters is 1. The van der Waals surface area contributed by atoms with Gasteiger partial charge in [0.25, 0.3) is 0 Å². The molecule has 2 heterocycles. The molecule has 8 unspecified atom stereocenters. The van der Waals surface area contributed by atoms with Crippen molar-refractivity contribution < 1.29 is 64.3 Å². The van der Waals surface area contributed by atoms with Crippen molar-refractivity contribution in [2.75, 3.05) is 13.2 Å². The fourth-order valence-electron chi connectivity index (χ4n) is 4.21. The first-order valence-electron chi connectivity index (χ1n) is 11.6. The molecule has 1 saturated heterocycles. The average Bonchev–Trinajstić information content (AvgIpc) is 2.89. The number of aliphatic carboxylic acids is 1. The molecule has 1 fully saturated rings. The maximum atomic E-state index is 12.5. The molecule has 13 heteroatoms. The van der Waals surface area contributed by atoms with E-state index in [1.54, 1.807) is 0 Å². The van der Waals surface area contributed by atoms with E-state index < -0.39 is 73.1 Å². The fraction of sp³-hybridized carbons (Fsp3) is 0.440. The Labute approximate surface area is 217 Å². The van der Waals surface area contributed by atoms with Gasteiger partial charge in [-0.1, -0.05) is 12.1 Å². The van der Waals surface area contributed by atoms with Crippen LogP contribution in [0.25, 0.3) is 6.08 Å². The van der Waals surface area contributed by atoms with E-state index in [0.717, 1.165) is 12.3 Å². The lowest BCUT2D eigenvalue weighted by atomic mass is 9.82. The molecule has 2 aliphatic rings. The number of aliphatic hydroxyl groups excluding tert-OH is 4. The standard InChI is InChI=1S/C25H30O13/c1-2-13-14(7-8-26)15(23(33)34)11-35-24(13)38-25-22(21(32)20(31)18(10-27)36-25)37-19(30)6-4-12-3-5-16(28)17(29)9-12/h2-6,9,11,13-14,18,20-22,24-29,31-32H,1,7-8,10H2,(H,33,34). The summed E-state index contributed by atoms with van der Waals surface area (Å²) in [7, 11) is 0. The van der Waals surface area contributed by atoms with Gasteiger partial charge in [0.05, 0.1) is 18.4 Å². The van der Waals surface area contributed by atoms with Gasteiger partial charge in [-0.25, -0.2) is 9.59 Å². The van der Waals surface area contributed by atoms with Crippen molar-refractivity contribution in [1.29, 1.82) is 0 Å². The number of carboxylic acid groups (broad SMARTS) is 1. The van der Waals surface area contributed by atoms with Gasteiger partial charge in [-0.15, -0.1) is 6.58 Å². The van der Waals surface area contributed by atoms with E-state index in [2.05, 4.69) is 6.58 Å². The average molecular weight is 539 g/mol. The first-order chi connectivity index (χ1) is 18.1. The van der Waals surface area contributed by atoms with Crippen molar-refractivity contribution in [1.82, 2.24) is 0 Å². The number of aliphatic hydroxyl groups is 4. The molecule has 0 aliphatic carbocycles. The first kappa shape index (κ1) is 29.1. The molecule has 0 spiro atoms. The molecule has 13 nitrogen and oxygen atoms in total. The molecule has 7 N–H and O–H groups in total. The van der Waals surface area contributed by atoms with Gasteiger partial charge in [-0.05, 0) is 30.2 Å². The zero-order valence-corrected chi connectivity index (χ0v) is 20.1. The van der Waals surface area contributed by atoms with Gasteiger partial charge in [0.1, 0.15) is 18.3 Å². The summed E-state index contributed by atoms with van der Waals surface area (Å²) in [6.07, 6.45) is -4.59. The molecule has 1 aromatic carbocycles. The van der Waals surface area contributed by atoms with Crippen LogP contribution in [0.1, 0.15) is 12.0 Å². The normalized spacial score (nSPS) is 31.3. The highest BCUT2D eigenvalue weighted by Gasteiger charge is 2.49. The highest BCUT2D eigenvalue weighted by atomic mass is 16.8. The lowest BCUT2D eigenvalue weighted by Crippen LogP contribution is -2.61. The Hall–Kier alpha value is -3.46. The minimum Gasteiger partial charge on any atom is -0.504 e. The van der Waals surface area contributed by atoms with Gasteiger partial charge in [-0.3, -0.25) is 0 Å². The van der Waals surface area contributed by atoms with Crippen LogP contribution in [-0.2, 0) is 28.5 Å². The van der Waals surface area contributed by atoms with Crippen molar-refractivity contribution in [3.05, 3.63) is 54.3 Å². The smallest absolute Gasteiger partial charge is 0.334 e. The van der Waals surface area contributed by atoms with Crippen LogP contribution in [0.15, 0.2) is 48.8 Å². The highest BCUT2D eigenvalue weighted by molar-refractivity contribution is 5.87. The van der Waals surface area contributed by atoms with Crippen molar-refractivity contribution >= 4 is 18.0 Å². The van der Waals surface area contributed by atoms with E-state index in [0.29, 0.717) is 5.56 Å². The molecule has 0 saturated carbocycles. The molecular weight excluding hydrogens is 508 g/mol. The zero-order valence-electron chi connectivity index (χ0n) is 20.1. The minimum absolute atomic E-state index is 0.0419. The quantitative estimate of drug-likeness (QED) is 0.0876. The number of phenols is 2. The monoisotopic (exact) mass is 538 g/mol. The Kier molecular flexibility index (Phi) is 9.85. The van der Waals surface area contributed by atoms with Crippen LogP contribution in [0.5, 0.6) is 11.5 Å². The van der Waals surface area contributed by atoms with Crippen molar-refractivity contribution in [3.8, 4) is 11.5 Å². The lowest BCUT2D eigenvalue weighted by Gasteiger charge is -2.44. The molecule has 0 aromatic heterocycles. The predicted octanol–water partition coefficient (Wildman–Crippen LogP) is -0.396. The summed E-state index contributed by atoms with van der Waals surface area (Å²) in [5, 5.41) is 68.4. The Balaban J connectivity index is 1.82. The van der Waals surface area contributed by atoms with E-state index >= 15 is 0 Å². The Morgan fingerprint density at radius 2 is 1.82 bits per heavy atom. The molecule has 208 valence electrons. The third-order valence-corrected chi connectivity index (χ3v) is 6.22. The van der Waals surface area contributed by atoms with Crippen molar-refractivity contribution in [2.24, 2.45) is 11.8 Å². The number of carbonyl (C=O) groups is 2. The van der Waals surface area contributed by atoms with Crippen LogP contribution in [-0.4, -0.2) is 97.9 Å². The van der Waals surface area contributed by atoms with Gasteiger partial charge in [-0.2, -0.15) is 0 Å². The highest BCUT2D eigenvalue weighted by Crippen LogP contribution is 2.37. The maximum absolute atomic E-state index is 12.5. The van der Waals surface area contributed by atoms with Crippen molar-refractivity contribution in [2.45, 2.75) is 43.4 Å². The molecule has 38 heavy (non-hydrogen) atoms. The molecule has 1 aromatic rings. The molecule has 2 aliphatic heterocycles. The Bertz CT molecular complexity index is 1070. The minimum atomic E-state index is -1.76. The topological polar surface area (TPSA) is 213 Å². The van der Waals surface area contributed by atoms with Crippen LogP contribution in [0.2, 0.25) is 0 Å². The van der Waals surface area contributed by atoms with E-state index in [4.69, 9.17) is 18.9 Å². The summed E-state index contributed by atoms with van der Waals surface area (Å²) in [6.45, 7) is 2.63. The van der Waals surface area contributed by atoms with Crippen LogP contribution >= 0.6 is 0 Å². The van der Waals surface area contributed by atoms with E-state index in [-0.39, 0.29) is 24.4 Å². The number of carbonyl (C=O) groups excluding carboxylic acids is 1. The second-order valence-electron chi connectivity index (χ2n) is 8.64. The molecule has 0 radical (unpaired) electrons. The molecular formula is C25H30O13. The summed E-state index contributed by atoms with van der Waals surface area (Å²) >= 11 is 0. The number of carboxylic acids is 1. The summed E-state index contributed by atoms with van der Waals surface area (Å²) in [5.41, 5.74) is 0.219. The summed E-state index contributed by atoms with van der Waals surface area (Å²) in [4.78, 5) is 24.2. The number of aromatic hydroxyl groups is 2. The molecule has 8 atom stereocenters. The van der Waals surface area contributed by atoms with Crippen LogP contribution in [0.4, 0.5) is 0 Å². The third kappa shape index (κ3) is 6.51. The fourth-order valence-corrected chi connectivity index (χ4v) is 4.21. The second kappa shape index (κ2) is 12.9. The summed E-state index contributed by atoms with van der Waals surface area (Å²) in [5.74, 6) is -4.59. The van der Waals surface area contributed by atoms with Gasteiger partial charge < -0.3 is 54.7 Å². The molecule has 3 rings (SSSR count). The lowest BCUT2D eigenvalue weighted by molar-refractivity contribution is -0.340. The zero-order chi connectivity index (χ0) is 28.0. The maximum Gasteiger partial charge on any atom is 0.334 e. The number of hydrogen-bond acceptors (Lipinski definition) is 12. The van der Waals surface area contributed by atoms with Crippen LogP contribution in [0.3, 0.4) is 0 Å². The van der Waals surface area contributed by atoms with E-state index in [9.17, 15) is 45.3 Å². The number of phenolic OH excluding ortho intramolecular Hbond substituents is 2. The van der Waals surface area contributed by atoms with Gasteiger partial charge >= 0.3 is 11.9 Å². The van der Waals surface area contributed by atoms with E-state index in [1.807, 2.05) is 0 Å². The van der Waals surface area contributed by atoms with Gasteiger partial charge in [0, 0.05) is 24.5 Å². The molecule has 0 bridgehead atoms. The van der Waals surface area contributed by atoms with Crippen LogP contribution < -0.4 is 0 Å². The number of rotatable bonds is 10. The Morgan fingerprint density at radius 1 is 1.08 bits per heavy atom. The summed E-state index contributed by atoms with van der Waals surface area (Å²) < 4.78 is 22.1. The SMILES string of the molecule is C=CC1C(OC2OC(CO)C(O)C(O)C2OC(=O)C=Cc2ccc(O)c(O)c2)OC=C(C(=O)O)C1CCO. The van der Waals surface area contributed by atoms with Crippen molar-refractivity contribution in [3.63, 3.8) is 0 Å². The van der Waals surface area contributed by atoms with Gasteiger partial charge in [0.2, 0.25) is 12.6 Å². The third-order valence-electron chi connectivity index (χ3n) is 6.22. The number of hydrogen-bond donors (Lipinski definition) is 7. The van der Waals surface area contributed by atoms with E-state index in [1.165, 1.54) is 30.4 Å². The molecule has 0 amide bonds. The number of benzene rings is 1. The largest absolute Gasteiger partial charge is 0.504 e.